The first-order valence-corrected chi connectivity index (χ1v) is 9.80. The summed E-state index contributed by atoms with van der Waals surface area (Å²) in [5, 5.41) is 9.08. The maximum Gasteiger partial charge on any atom is 0.350 e. The molecule has 0 radical (unpaired) electrons. The van der Waals surface area contributed by atoms with Crippen LogP contribution in [0.5, 0.6) is 5.75 Å². The minimum Gasteiger partial charge on any atom is -0.497 e. The number of pyridine rings is 1. The van der Waals surface area contributed by atoms with Crippen LogP contribution in [0.25, 0.3) is 16.6 Å². The molecule has 0 saturated carbocycles. The lowest BCUT2D eigenvalue weighted by atomic mass is 10.0. The van der Waals surface area contributed by atoms with Crippen LogP contribution in [0.1, 0.15) is 22.3 Å². The van der Waals surface area contributed by atoms with Gasteiger partial charge in [0.2, 0.25) is 0 Å². The number of aromatic nitrogens is 3. The summed E-state index contributed by atoms with van der Waals surface area (Å²) in [6, 6.07) is 14.5. The van der Waals surface area contributed by atoms with Crippen molar-refractivity contribution in [1.29, 1.82) is 0 Å². The molecular weight excluding hydrogens is 364 g/mol. The van der Waals surface area contributed by atoms with Crippen LogP contribution in [0.3, 0.4) is 0 Å². The van der Waals surface area contributed by atoms with E-state index in [2.05, 4.69) is 47.7 Å². The largest absolute Gasteiger partial charge is 0.497 e. The zero-order valence-electron chi connectivity index (χ0n) is 17.3. The summed E-state index contributed by atoms with van der Waals surface area (Å²) in [5.74, 6) is 0.867. The molecule has 0 atom stereocenters. The number of fused-ring (bicyclic) bond motifs is 3. The van der Waals surface area contributed by atoms with Gasteiger partial charge in [0.1, 0.15) is 5.75 Å². The highest BCUT2D eigenvalue weighted by Crippen LogP contribution is 2.24. The summed E-state index contributed by atoms with van der Waals surface area (Å²) in [6.45, 7) is 5.62. The Balaban J connectivity index is 1.61. The lowest BCUT2D eigenvalue weighted by Gasteiger charge is -2.11. The second kappa shape index (κ2) is 7.72. The van der Waals surface area contributed by atoms with E-state index in [9.17, 15) is 4.79 Å². The standard InChI is InChI=1S/C23H26N4O2/c1-15-11-16(2)20-13-18(22-25-26(3)23(28)27(22)21(20)12-15)14-24-10-9-17-5-7-19(29-4)8-6-17/h5-8,11-13,24H,9-10,14H2,1-4H3. The molecule has 0 amide bonds. The predicted molar refractivity (Wildman–Crippen MR) is 116 cm³/mol. The van der Waals surface area contributed by atoms with Crippen LogP contribution < -0.4 is 15.7 Å². The summed E-state index contributed by atoms with van der Waals surface area (Å²) >= 11 is 0. The lowest BCUT2D eigenvalue weighted by Crippen LogP contribution is -2.20. The van der Waals surface area contributed by atoms with Crippen LogP contribution in [0.2, 0.25) is 0 Å². The van der Waals surface area contributed by atoms with Crippen LogP contribution in [-0.4, -0.2) is 27.8 Å². The summed E-state index contributed by atoms with van der Waals surface area (Å²) in [7, 11) is 3.37. The van der Waals surface area contributed by atoms with Gasteiger partial charge in [-0.25, -0.2) is 13.9 Å². The third-order valence-electron chi connectivity index (χ3n) is 5.35. The third-order valence-corrected chi connectivity index (χ3v) is 5.35. The Labute approximate surface area is 169 Å². The van der Waals surface area contributed by atoms with Gasteiger partial charge in [-0.1, -0.05) is 18.2 Å². The van der Waals surface area contributed by atoms with Gasteiger partial charge >= 0.3 is 5.69 Å². The molecule has 0 bridgehead atoms. The Bertz CT molecular complexity index is 1240. The molecule has 6 heteroatoms. The molecular formula is C23H26N4O2. The quantitative estimate of drug-likeness (QED) is 0.514. The molecule has 0 aliphatic carbocycles. The van der Waals surface area contributed by atoms with E-state index in [0.717, 1.165) is 46.3 Å². The number of ether oxygens (including phenoxy) is 1. The van der Waals surface area contributed by atoms with Crippen molar-refractivity contribution in [2.75, 3.05) is 13.7 Å². The summed E-state index contributed by atoms with van der Waals surface area (Å²) < 4.78 is 8.35. The average Bonchev–Trinajstić information content (AvgIpc) is 3.01. The molecule has 4 aromatic rings. The van der Waals surface area contributed by atoms with Crippen LogP contribution in [-0.2, 0) is 20.0 Å². The lowest BCUT2D eigenvalue weighted by molar-refractivity contribution is 0.414. The maximum absolute atomic E-state index is 12.7. The molecule has 0 saturated heterocycles. The smallest absolute Gasteiger partial charge is 0.350 e. The van der Waals surface area contributed by atoms with Crippen molar-refractivity contribution in [2.24, 2.45) is 7.05 Å². The number of hydrogen-bond donors (Lipinski definition) is 1. The van der Waals surface area contributed by atoms with E-state index >= 15 is 0 Å². The summed E-state index contributed by atoms with van der Waals surface area (Å²) in [6.07, 6.45) is 0.918. The van der Waals surface area contributed by atoms with E-state index in [4.69, 9.17) is 4.74 Å². The number of nitrogens with zero attached hydrogens (tertiary/aromatic N) is 3. The molecule has 2 aromatic heterocycles. The minimum atomic E-state index is -0.116. The highest BCUT2D eigenvalue weighted by Gasteiger charge is 2.14. The number of rotatable bonds is 6. The SMILES string of the molecule is COc1ccc(CCNCc2cc3c(C)cc(C)cc3n3c(=O)n(C)nc23)cc1. The van der Waals surface area contributed by atoms with Gasteiger partial charge < -0.3 is 10.1 Å². The van der Waals surface area contributed by atoms with Crippen LogP contribution in [0.4, 0.5) is 0 Å². The van der Waals surface area contributed by atoms with Gasteiger partial charge in [0.05, 0.1) is 12.6 Å². The van der Waals surface area contributed by atoms with Gasteiger partial charge in [-0.15, -0.1) is 5.10 Å². The topological polar surface area (TPSA) is 60.6 Å². The van der Waals surface area contributed by atoms with Crippen LogP contribution in [0.15, 0.2) is 47.3 Å². The van der Waals surface area contributed by atoms with Gasteiger partial charge in [-0.05, 0) is 67.8 Å². The Morgan fingerprint density at radius 3 is 2.59 bits per heavy atom. The van der Waals surface area contributed by atoms with Crippen molar-refractivity contribution in [3.63, 3.8) is 0 Å². The maximum atomic E-state index is 12.7. The van der Waals surface area contributed by atoms with E-state index in [-0.39, 0.29) is 5.69 Å². The van der Waals surface area contributed by atoms with Crippen molar-refractivity contribution in [1.82, 2.24) is 19.5 Å². The fourth-order valence-corrected chi connectivity index (χ4v) is 3.84. The first kappa shape index (κ1) is 19.2. The molecule has 1 N–H and O–H groups in total. The fourth-order valence-electron chi connectivity index (χ4n) is 3.84. The van der Waals surface area contributed by atoms with E-state index in [1.54, 1.807) is 18.6 Å². The fraction of sp³-hybridized carbons (Fsp3) is 0.304. The molecule has 0 aliphatic rings. The molecule has 0 unspecified atom stereocenters. The highest BCUT2D eigenvalue weighted by molar-refractivity contribution is 5.87. The van der Waals surface area contributed by atoms with Gasteiger partial charge in [0.25, 0.3) is 0 Å². The average molecular weight is 390 g/mol. The van der Waals surface area contributed by atoms with Crippen molar-refractivity contribution < 1.29 is 4.74 Å². The zero-order valence-corrected chi connectivity index (χ0v) is 17.3. The zero-order chi connectivity index (χ0) is 20.5. The third kappa shape index (κ3) is 3.63. The monoisotopic (exact) mass is 390 g/mol. The number of aryl methyl sites for hydroxylation is 3. The van der Waals surface area contributed by atoms with Crippen molar-refractivity contribution in [2.45, 2.75) is 26.8 Å². The van der Waals surface area contributed by atoms with Gasteiger partial charge in [0, 0.05) is 24.5 Å². The van der Waals surface area contributed by atoms with E-state index in [0.29, 0.717) is 12.2 Å². The molecule has 0 fully saturated rings. The highest BCUT2D eigenvalue weighted by atomic mass is 16.5. The first-order valence-electron chi connectivity index (χ1n) is 9.80. The Kier molecular flexibility index (Phi) is 5.11. The molecule has 0 aliphatic heterocycles. The molecule has 0 spiro atoms. The number of nitrogens with one attached hydrogen (secondary N) is 1. The van der Waals surface area contributed by atoms with E-state index < -0.39 is 0 Å². The summed E-state index contributed by atoms with van der Waals surface area (Å²) in [5.41, 5.74) is 6.09. The van der Waals surface area contributed by atoms with Crippen molar-refractivity contribution in [3.8, 4) is 5.75 Å². The minimum absolute atomic E-state index is 0.116. The Morgan fingerprint density at radius 1 is 1.10 bits per heavy atom. The Morgan fingerprint density at radius 2 is 1.86 bits per heavy atom. The normalized spacial score (nSPS) is 11.4. The molecule has 4 rings (SSSR count). The summed E-state index contributed by atoms with van der Waals surface area (Å²) in [4.78, 5) is 12.7. The Hall–Kier alpha value is -3.12. The van der Waals surface area contributed by atoms with E-state index in [1.165, 1.54) is 10.2 Å². The molecule has 2 aromatic carbocycles. The van der Waals surface area contributed by atoms with Crippen molar-refractivity contribution >= 4 is 16.6 Å². The predicted octanol–water partition coefficient (Wildman–Crippen LogP) is 3.14. The van der Waals surface area contributed by atoms with Crippen LogP contribution in [0, 0.1) is 13.8 Å². The van der Waals surface area contributed by atoms with Crippen LogP contribution >= 0.6 is 0 Å². The van der Waals surface area contributed by atoms with Gasteiger partial charge in [-0.3, -0.25) is 0 Å². The number of benzene rings is 2. The second-order valence-corrected chi connectivity index (χ2v) is 7.52. The number of methoxy groups -OCH3 is 1. The molecule has 150 valence electrons. The van der Waals surface area contributed by atoms with Gasteiger partial charge in [-0.2, -0.15) is 0 Å². The first-order chi connectivity index (χ1) is 14.0. The number of hydrogen-bond acceptors (Lipinski definition) is 4. The van der Waals surface area contributed by atoms with Crippen molar-refractivity contribution in [3.05, 3.63) is 75.2 Å². The second-order valence-electron chi connectivity index (χ2n) is 7.52. The molecule has 6 nitrogen and oxygen atoms in total. The van der Waals surface area contributed by atoms with E-state index in [1.807, 2.05) is 19.1 Å². The molecule has 2 heterocycles. The molecule has 29 heavy (non-hydrogen) atoms. The van der Waals surface area contributed by atoms with Gasteiger partial charge in [0.15, 0.2) is 5.65 Å².